The zero-order valence-electron chi connectivity index (χ0n) is 14.1. The normalized spacial score (nSPS) is 12.6. The Morgan fingerprint density at radius 2 is 1.81 bits per heavy atom. The number of hydrogen-bond donors (Lipinski definition) is 0. The summed E-state index contributed by atoms with van der Waals surface area (Å²) in [5.74, 6) is -2.69. The van der Waals surface area contributed by atoms with Gasteiger partial charge in [0.2, 0.25) is 0 Å². The maximum atomic E-state index is 13.4. The van der Waals surface area contributed by atoms with Gasteiger partial charge in [0.25, 0.3) is 0 Å². The smallest absolute Gasteiger partial charge is 0.419 e. The van der Waals surface area contributed by atoms with Crippen LogP contribution in [-0.4, -0.2) is 30.5 Å². The van der Waals surface area contributed by atoms with Gasteiger partial charge in [-0.15, -0.1) is 0 Å². The molecule has 0 aliphatic rings. The zero-order valence-corrected chi connectivity index (χ0v) is 14.1. The number of Topliss-reactive ketones (excluding diaryl/α,β-unsaturated/α-hetero) is 1. The summed E-state index contributed by atoms with van der Waals surface area (Å²) in [7, 11) is 2.50. The maximum absolute atomic E-state index is 13.4. The zero-order chi connectivity index (χ0) is 19.6. The average Bonchev–Trinajstić information content (AvgIpc) is 3.03. The lowest BCUT2D eigenvalue weighted by molar-refractivity contribution is -0.140. The largest absolute Gasteiger partial charge is 0.495 e. The van der Waals surface area contributed by atoms with Crippen molar-refractivity contribution < 1.29 is 36.6 Å². The first kappa shape index (κ1) is 19.5. The molecule has 0 saturated carbocycles. The van der Waals surface area contributed by atoms with Crippen molar-refractivity contribution in [3.63, 3.8) is 0 Å². The number of methoxy groups -OCH3 is 2. The Morgan fingerprint density at radius 3 is 2.35 bits per heavy atom. The van der Waals surface area contributed by atoms with Crippen LogP contribution in [0.5, 0.6) is 5.75 Å². The second-order valence-electron chi connectivity index (χ2n) is 5.40. The highest BCUT2D eigenvalue weighted by molar-refractivity contribution is 6.00. The lowest BCUT2D eigenvalue weighted by atomic mass is 10.0. The van der Waals surface area contributed by atoms with E-state index in [1.807, 2.05) is 0 Å². The predicted molar refractivity (Wildman–Crippen MR) is 82.8 cm³/mol. The number of benzene rings is 1. The molecule has 26 heavy (non-hydrogen) atoms. The van der Waals surface area contributed by atoms with Crippen molar-refractivity contribution >= 4 is 11.8 Å². The third-order valence-corrected chi connectivity index (χ3v) is 3.81. The van der Waals surface area contributed by atoms with E-state index in [4.69, 9.17) is 4.74 Å². The molecule has 1 aromatic carbocycles. The summed E-state index contributed by atoms with van der Waals surface area (Å²) < 4.78 is 62.8. The van der Waals surface area contributed by atoms with Gasteiger partial charge in [0, 0.05) is 17.8 Å². The van der Waals surface area contributed by atoms with E-state index in [2.05, 4.69) is 4.74 Å². The summed E-state index contributed by atoms with van der Waals surface area (Å²) in [6.07, 6.45) is -3.58. The lowest BCUT2D eigenvalue weighted by Crippen LogP contribution is -2.21. The van der Waals surface area contributed by atoms with Gasteiger partial charge in [-0.25, -0.2) is 9.18 Å². The van der Waals surface area contributed by atoms with Crippen LogP contribution in [0.25, 0.3) is 0 Å². The topological polar surface area (TPSA) is 57.5 Å². The molecule has 140 valence electrons. The predicted octanol–water partition coefficient (Wildman–Crippen LogP) is 3.89. The Hall–Kier alpha value is -2.84. The Kier molecular flexibility index (Phi) is 5.38. The van der Waals surface area contributed by atoms with Crippen LogP contribution in [0.1, 0.15) is 39.4 Å². The van der Waals surface area contributed by atoms with Gasteiger partial charge in [-0.1, -0.05) is 0 Å². The first-order valence-electron chi connectivity index (χ1n) is 7.35. The minimum Gasteiger partial charge on any atom is -0.495 e. The molecule has 0 N–H and O–H groups in total. The first-order chi connectivity index (χ1) is 12.1. The molecule has 0 bridgehead atoms. The van der Waals surface area contributed by atoms with Gasteiger partial charge in [0.1, 0.15) is 17.3 Å². The first-order valence-corrected chi connectivity index (χ1v) is 7.35. The maximum Gasteiger partial charge on any atom is 0.419 e. The van der Waals surface area contributed by atoms with E-state index in [0.717, 1.165) is 13.2 Å². The molecular formula is C17H15F4NO4. The molecule has 0 radical (unpaired) electrons. The molecule has 0 spiro atoms. The average molecular weight is 373 g/mol. The van der Waals surface area contributed by atoms with Crippen molar-refractivity contribution in [2.45, 2.75) is 19.1 Å². The molecule has 5 nitrogen and oxygen atoms in total. The molecule has 1 unspecified atom stereocenters. The number of halogens is 4. The minimum absolute atomic E-state index is 0.0108. The van der Waals surface area contributed by atoms with E-state index in [1.165, 1.54) is 30.9 Å². The molecule has 2 rings (SSSR count). The lowest BCUT2D eigenvalue weighted by Gasteiger charge is -2.16. The molecule has 0 saturated heterocycles. The fourth-order valence-corrected chi connectivity index (χ4v) is 2.42. The molecule has 1 atom stereocenters. The van der Waals surface area contributed by atoms with Gasteiger partial charge in [-0.3, -0.25) is 4.79 Å². The number of alkyl halides is 3. The van der Waals surface area contributed by atoms with Gasteiger partial charge < -0.3 is 14.0 Å². The van der Waals surface area contributed by atoms with Gasteiger partial charge in [-0.05, 0) is 25.1 Å². The van der Waals surface area contributed by atoms with Gasteiger partial charge in [-0.2, -0.15) is 13.2 Å². The molecule has 1 aromatic heterocycles. The number of esters is 1. The van der Waals surface area contributed by atoms with Crippen molar-refractivity contribution in [3.05, 3.63) is 53.1 Å². The van der Waals surface area contributed by atoms with Crippen molar-refractivity contribution in [1.82, 2.24) is 4.57 Å². The SMILES string of the molecule is COC(=O)c1cc(OC)cn1C(C)C(=O)c1ccc(F)c(C(F)(F)F)c1. The molecule has 0 aliphatic heterocycles. The van der Waals surface area contributed by atoms with Gasteiger partial charge in [0.15, 0.2) is 5.78 Å². The summed E-state index contributed by atoms with van der Waals surface area (Å²) in [6.45, 7) is 1.39. The number of rotatable bonds is 5. The quantitative estimate of drug-likeness (QED) is 0.453. The fraction of sp³-hybridized carbons (Fsp3) is 0.294. The van der Waals surface area contributed by atoms with E-state index < -0.39 is 35.4 Å². The Morgan fingerprint density at radius 1 is 1.15 bits per heavy atom. The number of nitrogens with zero attached hydrogens (tertiary/aromatic N) is 1. The van der Waals surface area contributed by atoms with Crippen molar-refractivity contribution in [2.75, 3.05) is 14.2 Å². The molecule has 1 heterocycles. The summed E-state index contributed by atoms with van der Waals surface area (Å²) in [4.78, 5) is 24.4. The van der Waals surface area contributed by atoms with Crippen LogP contribution < -0.4 is 4.74 Å². The van der Waals surface area contributed by atoms with Crippen LogP contribution in [0.4, 0.5) is 17.6 Å². The highest BCUT2D eigenvalue weighted by Gasteiger charge is 2.35. The van der Waals surface area contributed by atoms with E-state index in [0.29, 0.717) is 12.1 Å². The van der Waals surface area contributed by atoms with Crippen molar-refractivity contribution in [2.24, 2.45) is 0 Å². The van der Waals surface area contributed by atoms with Crippen LogP contribution in [0.2, 0.25) is 0 Å². The Bertz CT molecular complexity index is 842. The number of aromatic nitrogens is 1. The number of ketones is 1. The fourth-order valence-electron chi connectivity index (χ4n) is 2.42. The summed E-state index contributed by atoms with van der Waals surface area (Å²) >= 11 is 0. The summed E-state index contributed by atoms with van der Waals surface area (Å²) in [6, 6.07) is 2.27. The second kappa shape index (κ2) is 7.19. The number of carbonyl (C=O) groups excluding carboxylic acids is 2. The van der Waals surface area contributed by atoms with Crippen LogP contribution in [0.3, 0.4) is 0 Å². The van der Waals surface area contributed by atoms with E-state index in [9.17, 15) is 27.2 Å². The van der Waals surface area contributed by atoms with Gasteiger partial charge >= 0.3 is 12.1 Å². The van der Waals surface area contributed by atoms with E-state index in [-0.39, 0.29) is 17.0 Å². The third kappa shape index (κ3) is 3.71. The van der Waals surface area contributed by atoms with Crippen LogP contribution in [-0.2, 0) is 10.9 Å². The third-order valence-electron chi connectivity index (χ3n) is 3.81. The molecular weight excluding hydrogens is 358 g/mol. The Labute approximate surface area is 146 Å². The molecule has 0 aliphatic carbocycles. The van der Waals surface area contributed by atoms with E-state index in [1.54, 1.807) is 0 Å². The molecule has 0 fully saturated rings. The highest BCUT2D eigenvalue weighted by atomic mass is 19.4. The number of ether oxygens (including phenoxy) is 2. The minimum atomic E-state index is -4.93. The molecule has 2 aromatic rings. The Balaban J connectivity index is 2.45. The summed E-state index contributed by atoms with van der Waals surface area (Å²) in [5, 5.41) is 0. The van der Waals surface area contributed by atoms with Crippen LogP contribution >= 0.6 is 0 Å². The molecule has 9 heteroatoms. The summed E-state index contributed by atoms with van der Waals surface area (Å²) in [5.41, 5.74) is -1.88. The highest BCUT2D eigenvalue weighted by Crippen LogP contribution is 2.33. The molecule has 0 amide bonds. The second-order valence-corrected chi connectivity index (χ2v) is 5.40. The van der Waals surface area contributed by atoms with Gasteiger partial charge in [0.05, 0.1) is 25.8 Å². The van der Waals surface area contributed by atoms with Crippen molar-refractivity contribution in [3.8, 4) is 5.75 Å². The van der Waals surface area contributed by atoms with Crippen molar-refractivity contribution in [1.29, 1.82) is 0 Å². The standard InChI is InChI=1S/C17H15F4NO4/c1-9(22-8-11(25-2)7-14(22)16(24)26-3)15(23)10-4-5-13(18)12(6-10)17(19,20)21/h4-9H,1-3H3. The van der Waals surface area contributed by atoms with Crippen LogP contribution in [0.15, 0.2) is 30.5 Å². The number of carbonyl (C=O) groups is 2. The van der Waals surface area contributed by atoms with E-state index >= 15 is 0 Å². The van der Waals surface area contributed by atoms with Crippen LogP contribution in [0, 0.1) is 5.82 Å². The number of hydrogen-bond acceptors (Lipinski definition) is 4. The monoisotopic (exact) mass is 373 g/mol.